The van der Waals surface area contributed by atoms with Gasteiger partial charge in [0.05, 0.1) is 22.9 Å². The van der Waals surface area contributed by atoms with Crippen LogP contribution in [0.5, 0.6) is 0 Å². The van der Waals surface area contributed by atoms with E-state index >= 15 is 0 Å². The highest BCUT2D eigenvalue weighted by Gasteiger charge is 2.20. The maximum Gasteiger partial charge on any atom is 0.0843 e. The van der Waals surface area contributed by atoms with Gasteiger partial charge in [0.2, 0.25) is 0 Å². The summed E-state index contributed by atoms with van der Waals surface area (Å²) < 4.78 is 0. The maximum absolute atomic E-state index is 10.8. The van der Waals surface area contributed by atoms with Crippen molar-refractivity contribution in [2.45, 2.75) is 38.4 Å². The van der Waals surface area contributed by atoms with Crippen LogP contribution in [-0.2, 0) is 12.0 Å². The van der Waals surface area contributed by atoms with E-state index in [0.717, 1.165) is 38.9 Å². The summed E-state index contributed by atoms with van der Waals surface area (Å²) in [7, 11) is 0. The molecule has 4 rings (SSSR count). The van der Waals surface area contributed by atoms with Crippen LogP contribution in [0.3, 0.4) is 0 Å². The molecule has 0 saturated carbocycles. The minimum absolute atomic E-state index is 0.577. The summed E-state index contributed by atoms with van der Waals surface area (Å²) in [4.78, 5) is 4.66. The molecule has 1 heterocycles. The molecular weight excluding hydrogens is 430 g/mol. The number of nitrogens with zero attached hydrogens (tertiary/aromatic N) is 1. The van der Waals surface area contributed by atoms with E-state index < -0.39 is 11.7 Å². The van der Waals surface area contributed by atoms with Crippen molar-refractivity contribution in [2.24, 2.45) is 0 Å². The summed E-state index contributed by atoms with van der Waals surface area (Å²) >= 11 is 6.09. The normalized spacial score (nSPS) is 13.0. The van der Waals surface area contributed by atoms with Crippen molar-refractivity contribution in [1.82, 2.24) is 4.98 Å². The third-order valence-corrected chi connectivity index (χ3v) is 6.02. The molecule has 0 radical (unpaired) electrons. The lowest BCUT2D eigenvalue weighted by atomic mass is 9.90. The van der Waals surface area contributed by atoms with Gasteiger partial charge >= 0.3 is 0 Å². The molecule has 33 heavy (non-hydrogen) atoms. The number of rotatable bonds is 7. The molecule has 4 aromatic rings. The van der Waals surface area contributed by atoms with Gasteiger partial charge in [-0.3, -0.25) is 0 Å². The summed E-state index contributed by atoms with van der Waals surface area (Å²) in [5.74, 6) is 0. The van der Waals surface area contributed by atoms with Crippen LogP contribution < -0.4 is 0 Å². The number of aryl methyl sites for hydroxylation is 1. The lowest BCUT2D eigenvalue weighted by Crippen LogP contribution is -2.18. The Hall–Kier alpha value is -2.98. The van der Waals surface area contributed by atoms with Gasteiger partial charge in [-0.1, -0.05) is 72.3 Å². The number of halogens is 1. The minimum Gasteiger partial charge on any atom is -0.388 e. The average Bonchev–Trinajstić information content (AvgIpc) is 2.80. The van der Waals surface area contributed by atoms with Crippen LogP contribution in [0.2, 0.25) is 5.02 Å². The Kier molecular flexibility index (Phi) is 6.94. The summed E-state index contributed by atoms with van der Waals surface area (Å²) in [6.07, 6.45) is 4.64. The highest BCUT2D eigenvalue weighted by molar-refractivity contribution is 6.31. The number of benzene rings is 3. The lowest BCUT2D eigenvalue weighted by molar-refractivity contribution is 0.0772. The van der Waals surface area contributed by atoms with Crippen LogP contribution in [0.1, 0.15) is 54.3 Å². The smallest absolute Gasteiger partial charge is 0.0843 e. The Bertz CT molecular complexity index is 1290. The molecule has 1 atom stereocenters. The van der Waals surface area contributed by atoms with Crippen LogP contribution >= 0.6 is 11.6 Å². The molecular formula is C29H28ClNO2. The highest BCUT2D eigenvalue weighted by Crippen LogP contribution is 2.27. The van der Waals surface area contributed by atoms with Gasteiger partial charge in [-0.15, -0.1) is 0 Å². The molecule has 0 aliphatic carbocycles. The van der Waals surface area contributed by atoms with Crippen molar-refractivity contribution in [1.29, 1.82) is 0 Å². The molecule has 168 valence electrons. The fourth-order valence-electron chi connectivity index (χ4n) is 4.04. The van der Waals surface area contributed by atoms with E-state index in [-0.39, 0.29) is 0 Å². The van der Waals surface area contributed by atoms with Gasteiger partial charge in [0, 0.05) is 10.4 Å². The molecule has 3 nitrogen and oxygen atoms in total. The van der Waals surface area contributed by atoms with Crippen LogP contribution in [0, 0.1) is 0 Å². The maximum atomic E-state index is 10.8. The third kappa shape index (κ3) is 5.88. The molecule has 3 aromatic carbocycles. The van der Waals surface area contributed by atoms with Crippen LogP contribution in [-0.4, -0.2) is 15.2 Å². The number of aromatic nitrogens is 1. The first-order chi connectivity index (χ1) is 15.8. The Morgan fingerprint density at radius 2 is 1.73 bits per heavy atom. The Morgan fingerprint density at radius 3 is 2.55 bits per heavy atom. The summed E-state index contributed by atoms with van der Waals surface area (Å²) in [5, 5.41) is 23.0. The van der Waals surface area contributed by atoms with Gasteiger partial charge in [0.25, 0.3) is 0 Å². The quantitative estimate of drug-likeness (QED) is 0.315. The van der Waals surface area contributed by atoms with E-state index in [4.69, 9.17) is 11.6 Å². The Labute approximate surface area is 200 Å². The van der Waals surface area contributed by atoms with Gasteiger partial charge in [-0.25, -0.2) is 4.98 Å². The summed E-state index contributed by atoms with van der Waals surface area (Å²) in [5.41, 5.74) is 4.63. The number of hydrogen-bond donors (Lipinski definition) is 2. The first kappa shape index (κ1) is 23.2. The van der Waals surface area contributed by atoms with E-state index in [9.17, 15) is 10.2 Å². The average molecular weight is 458 g/mol. The molecule has 0 aliphatic rings. The molecule has 0 saturated heterocycles. The first-order valence-electron chi connectivity index (χ1n) is 11.1. The molecule has 0 amide bonds. The molecule has 2 N–H and O–H groups in total. The minimum atomic E-state index is -0.908. The van der Waals surface area contributed by atoms with Crippen molar-refractivity contribution in [3.8, 4) is 0 Å². The first-order valence-corrected chi connectivity index (χ1v) is 11.5. The fourth-order valence-corrected chi connectivity index (χ4v) is 4.21. The molecule has 0 aliphatic heterocycles. The van der Waals surface area contributed by atoms with Crippen LogP contribution in [0.25, 0.3) is 23.1 Å². The second-order valence-corrected chi connectivity index (χ2v) is 9.28. The van der Waals surface area contributed by atoms with Crippen molar-refractivity contribution in [2.75, 3.05) is 0 Å². The SMILES string of the molecule is CC(C)(O)c1ccccc1CCC(O)c1cccc(C=Cc2ccc3ccc(Cl)cc3n2)c1. The van der Waals surface area contributed by atoms with Gasteiger partial charge in [0.1, 0.15) is 0 Å². The number of aliphatic hydroxyl groups excluding tert-OH is 1. The zero-order valence-electron chi connectivity index (χ0n) is 18.9. The predicted molar refractivity (Wildman–Crippen MR) is 137 cm³/mol. The molecule has 0 spiro atoms. The predicted octanol–water partition coefficient (Wildman–Crippen LogP) is 6.95. The summed E-state index contributed by atoms with van der Waals surface area (Å²) in [6, 6.07) is 25.5. The second kappa shape index (κ2) is 9.88. The largest absolute Gasteiger partial charge is 0.388 e. The van der Waals surface area contributed by atoms with Crippen LogP contribution in [0.15, 0.2) is 78.9 Å². The molecule has 1 unspecified atom stereocenters. The van der Waals surface area contributed by atoms with E-state index in [0.29, 0.717) is 17.9 Å². The summed E-state index contributed by atoms with van der Waals surface area (Å²) in [6.45, 7) is 3.58. The monoisotopic (exact) mass is 457 g/mol. The van der Waals surface area contributed by atoms with E-state index in [1.54, 1.807) is 13.8 Å². The van der Waals surface area contributed by atoms with Gasteiger partial charge in [-0.2, -0.15) is 0 Å². The molecule has 0 fully saturated rings. The zero-order chi connectivity index (χ0) is 23.4. The number of aliphatic hydroxyl groups is 2. The number of fused-ring (bicyclic) bond motifs is 1. The third-order valence-electron chi connectivity index (χ3n) is 5.78. The topological polar surface area (TPSA) is 53.4 Å². The van der Waals surface area contributed by atoms with Crippen LogP contribution in [0.4, 0.5) is 0 Å². The van der Waals surface area contributed by atoms with Gasteiger partial charge < -0.3 is 10.2 Å². The van der Waals surface area contributed by atoms with Crippen molar-refractivity contribution in [3.05, 3.63) is 112 Å². The Morgan fingerprint density at radius 1 is 0.939 bits per heavy atom. The van der Waals surface area contributed by atoms with Crippen molar-refractivity contribution in [3.63, 3.8) is 0 Å². The second-order valence-electron chi connectivity index (χ2n) is 8.85. The highest BCUT2D eigenvalue weighted by atomic mass is 35.5. The number of pyridine rings is 1. The standard InChI is InChI=1S/C29H28ClNO2/c1-29(2,33)26-9-4-3-7-21(26)13-17-28(32)23-8-5-6-20(18-23)10-15-25-16-12-22-11-14-24(30)19-27(22)31-25/h3-12,14-16,18-19,28,32-33H,13,17H2,1-2H3. The molecule has 4 heteroatoms. The van der Waals surface area contributed by atoms with E-state index in [1.807, 2.05) is 91.0 Å². The fraction of sp³-hybridized carbons (Fsp3) is 0.207. The molecule has 0 bridgehead atoms. The number of hydrogen-bond acceptors (Lipinski definition) is 3. The van der Waals surface area contributed by atoms with Gasteiger partial charge in [0.15, 0.2) is 0 Å². The van der Waals surface area contributed by atoms with Crippen molar-refractivity contribution >= 4 is 34.7 Å². The Balaban J connectivity index is 1.47. The van der Waals surface area contributed by atoms with Crippen molar-refractivity contribution < 1.29 is 10.2 Å². The zero-order valence-corrected chi connectivity index (χ0v) is 19.6. The van der Waals surface area contributed by atoms with Gasteiger partial charge in [-0.05, 0) is 79.3 Å². The lowest BCUT2D eigenvalue weighted by Gasteiger charge is -2.22. The van der Waals surface area contributed by atoms with E-state index in [1.165, 1.54) is 0 Å². The van der Waals surface area contributed by atoms with E-state index in [2.05, 4.69) is 4.98 Å². The molecule has 1 aromatic heterocycles.